The zero-order valence-corrected chi connectivity index (χ0v) is 10.0. The van der Waals surface area contributed by atoms with E-state index in [-0.39, 0.29) is 19.6 Å². The average Bonchev–Trinajstić information content (AvgIpc) is 2.17. The number of hydrogen-bond donors (Lipinski definition) is 1. The first kappa shape index (κ1) is 14.6. The summed E-state index contributed by atoms with van der Waals surface area (Å²) in [5, 5.41) is 0. The number of hydrogen-bond acceptors (Lipinski definition) is 5. The summed E-state index contributed by atoms with van der Waals surface area (Å²) in [5.41, 5.74) is 4.58. The Morgan fingerprint density at radius 3 is 1.81 bits per heavy atom. The highest BCUT2D eigenvalue weighted by molar-refractivity contribution is 6.05. The van der Waals surface area contributed by atoms with Gasteiger partial charge < -0.3 is 15.2 Å². The highest BCUT2D eigenvalue weighted by atomic mass is 16.6. The maximum absolute atomic E-state index is 11.6. The Hall–Kier alpha value is -1.36. The Kier molecular flexibility index (Phi) is 5.74. The molecule has 5 heteroatoms. The van der Waals surface area contributed by atoms with Gasteiger partial charge in [-0.2, -0.15) is 0 Å². The normalized spacial score (nSPS) is 10.8. The minimum absolute atomic E-state index is 0.0185. The van der Waals surface area contributed by atoms with Gasteiger partial charge in [-0.25, -0.2) is 9.59 Å². The molecule has 0 unspecified atom stereocenters. The molecule has 0 bridgehead atoms. The first-order valence-corrected chi connectivity index (χ1v) is 5.16. The molecule has 0 aromatic rings. The van der Waals surface area contributed by atoms with Crippen LogP contribution in [0.5, 0.6) is 0 Å². The summed E-state index contributed by atoms with van der Waals surface area (Å²) in [7, 11) is 0. The molecule has 16 heavy (non-hydrogen) atoms. The van der Waals surface area contributed by atoms with E-state index in [1.165, 1.54) is 0 Å². The molecular formula is C11H19NO4. The van der Waals surface area contributed by atoms with Gasteiger partial charge in [0.05, 0.1) is 13.2 Å². The summed E-state index contributed by atoms with van der Waals surface area (Å²) in [5.74, 6) is -1.56. The summed E-state index contributed by atoms with van der Waals surface area (Å²) >= 11 is 0. The zero-order chi connectivity index (χ0) is 12.8. The smallest absolute Gasteiger partial charge is 0.338 e. The van der Waals surface area contributed by atoms with Crippen LogP contribution in [0.3, 0.4) is 0 Å². The third kappa shape index (κ3) is 3.66. The lowest BCUT2D eigenvalue weighted by atomic mass is 9.93. The fourth-order valence-corrected chi connectivity index (χ4v) is 1.22. The third-order valence-electron chi connectivity index (χ3n) is 1.86. The van der Waals surface area contributed by atoms with E-state index in [0.29, 0.717) is 5.57 Å². The Labute approximate surface area is 95.6 Å². The van der Waals surface area contributed by atoms with Crippen molar-refractivity contribution in [3.8, 4) is 0 Å². The van der Waals surface area contributed by atoms with Gasteiger partial charge in [0.25, 0.3) is 0 Å². The fourth-order valence-electron chi connectivity index (χ4n) is 1.22. The molecule has 0 aliphatic heterocycles. The van der Waals surface area contributed by atoms with E-state index in [0.717, 1.165) is 0 Å². The molecule has 2 N–H and O–H groups in total. The van der Waals surface area contributed by atoms with Crippen LogP contribution >= 0.6 is 0 Å². The highest BCUT2D eigenvalue weighted by Crippen LogP contribution is 2.17. The van der Waals surface area contributed by atoms with Crippen LogP contribution < -0.4 is 5.73 Å². The van der Waals surface area contributed by atoms with Gasteiger partial charge in [-0.3, -0.25) is 0 Å². The van der Waals surface area contributed by atoms with Crippen LogP contribution in [0.2, 0.25) is 0 Å². The first-order chi connectivity index (χ1) is 7.38. The van der Waals surface area contributed by atoms with Crippen LogP contribution in [-0.2, 0) is 19.1 Å². The minimum Gasteiger partial charge on any atom is -0.464 e. The van der Waals surface area contributed by atoms with Gasteiger partial charge in [0.2, 0.25) is 5.54 Å². The number of nitrogens with two attached hydrogens (primary N) is 1. The molecule has 0 saturated carbocycles. The molecule has 0 aliphatic rings. The van der Waals surface area contributed by atoms with E-state index < -0.39 is 17.5 Å². The number of esters is 2. The van der Waals surface area contributed by atoms with Crippen molar-refractivity contribution in [2.75, 3.05) is 13.2 Å². The largest absolute Gasteiger partial charge is 0.464 e. The van der Waals surface area contributed by atoms with Crippen LogP contribution in [0.15, 0.2) is 12.2 Å². The quantitative estimate of drug-likeness (QED) is 0.413. The molecule has 0 amide bonds. The van der Waals surface area contributed by atoms with Gasteiger partial charge in [0, 0.05) is 6.42 Å². The predicted molar refractivity (Wildman–Crippen MR) is 59.6 cm³/mol. The Bertz CT molecular complexity index is 268. The predicted octanol–water partition coefficient (Wildman–Crippen LogP) is 0.776. The maximum Gasteiger partial charge on any atom is 0.338 e. The molecule has 5 nitrogen and oxygen atoms in total. The molecule has 0 spiro atoms. The monoisotopic (exact) mass is 229 g/mol. The summed E-state index contributed by atoms with van der Waals surface area (Å²) in [4.78, 5) is 23.3. The minimum atomic E-state index is -1.78. The number of carbonyl (C=O) groups excluding carboxylic acids is 2. The molecule has 0 rings (SSSR count). The second-order valence-electron chi connectivity index (χ2n) is 3.55. The van der Waals surface area contributed by atoms with Gasteiger partial charge in [0.1, 0.15) is 0 Å². The molecular weight excluding hydrogens is 210 g/mol. The average molecular weight is 229 g/mol. The van der Waals surface area contributed by atoms with Gasteiger partial charge in [-0.05, 0) is 20.8 Å². The van der Waals surface area contributed by atoms with Crippen molar-refractivity contribution >= 4 is 11.9 Å². The zero-order valence-electron chi connectivity index (χ0n) is 10.0. The van der Waals surface area contributed by atoms with Gasteiger partial charge in [-0.1, -0.05) is 5.57 Å². The van der Waals surface area contributed by atoms with E-state index >= 15 is 0 Å². The topological polar surface area (TPSA) is 78.6 Å². The van der Waals surface area contributed by atoms with Crippen LogP contribution in [0.4, 0.5) is 0 Å². The summed E-state index contributed by atoms with van der Waals surface area (Å²) in [6, 6.07) is 0. The Morgan fingerprint density at radius 1 is 1.19 bits per heavy atom. The second-order valence-corrected chi connectivity index (χ2v) is 3.55. The van der Waals surface area contributed by atoms with Gasteiger partial charge in [-0.15, -0.1) is 6.58 Å². The van der Waals surface area contributed by atoms with Crippen LogP contribution in [-0.4, -0.2) is 30.7 Å². The van der Waals surface area contributed by atoms with Crippen molar-refractivity contribution in [3.05, 3.63) is 12.2 Å². The van der Waals surface area contributed by atoms with Crippen LogP contribution in [0.25, 0.3) is 0 Å². The third-order valence-corrected chi connectivity index (χ3v) is 1.86. The highest BCUT2D eigenvalue weighted by Gasteiger charge is 2.45. The summed E-state index contributed by atoms with van der Waals surface area (Å²) in [6.07, 6.45) is 0.0185. The summed E-state index contributed by atoms with van der Waals surface area (Å²) in [6.45, 7) is 8.92. The van der Waals surface area contributed by atoms with E-state index in [9.17, 15) is 9.59 Å². The molecule has 0 aliphatic carbocycles. The van der Waals surface area contributed by atoms with Crippen molar-refractivity contribution in [1.82, 2.24) is 0 Å². The number of rotatable bonds is 6. The van der Waals surface area contributed by atoms with E-state index in [1.807, 2.05) is 0 Å². The lowest BCUT2D eigenvalue weighted by Gasteiger charge is -2.24. The van der Waals surface area contributed by atoms with Crippen molar-refractivity contribution in [1.29, 1.82) is 0 Å². The molecule has 0 fully saturated rings. The molecule has 0 radical (unpaired) electrons. The van der Waals surface area contributed by atoms with Crippen molar-refractivity contribution in [2.24, 2.45) is 5.73 Å². The van der Waals surface area contributed by atoms with E-state index in [4.69, 9.17) is 15.2 Å². The van der Waals surface area contributed by atoms with Crippen molar-refractivity contribution in [3.63, 3.8) is 0 Å². The second kappa shape index (κ2) is 6.27. The fraction of sp³-hybridized carbons (Fsp3) is 0.636. The standard InChI is InChI=1S/C11H19NO4/c1-5-15-9(13)11(12,7-8(3)4)10(14)16-6-2/h3,5-7,12H2,1-2,4H3. The molecule has 0 heterocycles. The maximum atomic E-state index is 11.6. The molecule has 0 aromatic carbocycles. The first-order valence-electron chi connectivity index (χ1n) is 5.16. The van der Waals surface area contributed by atoms with E-state index in [1.54, 1.807) is 20.8 Å². The molecule has 0 aromatic heterocycles. The lowest BCUT2D eigenvalue weighted by molar-refractivity contribution is -0.163. The van der Waals surface area contributed by atoms with E-state index in [2.05, 4.69) is 6.58 Å². The number of carbonyl (C=O) groups is 2. The van der Waals surface area contributed by atoms with Crippen molar-refractivity contribution < 1.29 is 19.1 Å². The lowest BCUT2D eigenvalue weighted by Crippen LogP contribution is -2.56. The molecule has 0 atom stereocenters. The summed E-state index contributed by atoms with van der Waals surface area (Å²) < 4.78 is 9.54. The molecule has 92 valence electrons. The van der Waals surface area contributed by atoms with Crippen LogP contribution in [0, 0.1) is 0 Å². The number of ether oxygens (including phenoxy) is 2. The van der Waals surface area contributed by atoms with Crippen molar-refractivity contribution in [2.45, 2.75) is 32.7 Å². The Morgan fingerprint density at radius 2 is 1.56 bits per heavy atom. The van der Waals surface area contributed by atoms with Gasteiger partial charge in [0.15, 0.2) is 0 Å². The van der Waals surface area contributed by atoms with Gasteiger partial charge >= 0.3 is 11.9 Å². The molecule has 0 saturated heterocycles. The SMILES string of the molecule is C=C(C)CC(N)(C(=O)OCC)C(=O)OCC. The van der Waals surface area contributed by atoms with Crippen LogP contribution in [0.1, 0.15) is 27.2 Å². The Balaban J connectivity index is 4.93.